The van der Waals surface area contributed by atoms with Gasteiger partial charge in [0.25, 0.3) is 0 Å². The van der Waals surface area contributed by atoms with Crippen LogP contribution in [0.1, 0.15) is 11.3 Å². The van der Waals surface area contributed by atoms with Crippen molar-refractivity contribution in [3.63, 3.8) is 0 Å². The van der Waals surface area contributed by atoms with Gasteiger partial charge in [0.15, 0.2) is 11.1 Å². The Bertz CT molecular complexity index is 1400. The minimum absolute atomic E-state index is 0.234. The van der Waals surface area contributed by atoms with E-state index in [2.05, 4.69) is 42.1 Å². The molecule has 0 amide bonds. The fraction of sp³-hybridized carbons (Fsp3) is 0.238. The minimum Gasteiger partial charge on any atom is -0.493 e. The molecule has 1 saturated heterocycles. The lowest BCUT2D eigenvalue weighted by Crippen LogP contribution is -2.35. The smallest absolute Gasteiger partial charge is 0.326 e. The third-order valence-electron chi connectivity index (χ3n) is 5.08. The minimum atomic E-state index is -0.485. The van der Waals surface area contributed by atoms with Crippen molar-refractivity contribution < 1.29 is 9.84 Å². The van der Waals surface area contributed by atoms with Crippen molar-refractivity contribution in [1.29, 1.82) is 0 Å². The molecule has 1 fully saturated rings. The lowest BCUT2D eigenvalue weighted by atomic mass is 10.2. The van der Waals surface area contributed by atoms with Crippen LogP contribution in [-0.2, 0) is 11.3 Å². The van der Waals surface area contributed by atoms with E-state index in [1.54, 1.807) is 29.1 Å². The molecule has 4 aromatic rings. The van der Waals surface area contributed by atoms with Crippen molar-refractivity contribution >= 4 is 17.4 Å². The van der Waals surface area contributed by atoms with E-state index < -0.39 is 5.69 Å². The first-order chi connectivity index (χ1) is 15.1. The Balaban J connectivity index is 1.48. The Morgan fingerprint density at radius 3 is 2.90 bits per heavy atom. The first-order valence-corrected chi connectivity index (χ1v) is 9.95. The second-order valence-corrected chi connectivity index (χ2v) is 7.31. The van der Waals surface area contributed by atoms with Crippen LogP contribution in [0, 0.1) is 0 Å². The number of H-pyrrole nitrogens is 2. The quantitative estimate of drug-likeness (QED) is 0.430. The maximum Gasteiger partial charge on any atom is 0.326 e. The summed E-state index contributed by atoms with van der Waals surface area (Å²) in [5, 5.41) is 14.7. The van der Waals surface area contributed by atoms with Crippen molar-refractivity contribution in [3.05, 3.63) is 75.2 Å². The predicted octanol–water partition coefficient (Wildman–Crippen LogP) is 0.0636. The number of aromatic hydroxyl groups is 1. The molecule has 10 heteroatoms. The molecule has 5 rings (SSSR count). The highest BCUT2D eigenvalue weighted by atomic mass is 16.5. The summed E-state index contributed by atoms with van der Waals surface area (Å²) in [6, 6.07) is 9.89. The van der Waals surface area contributed by atoms with Crippen LogP contribution in [0.5, 0.6) is 5.88 Å². The van der Waals surface area contributed by atoms with Gasteiger partial charge in [-0.2, -0.15) is 5.10 Å². The summed E-state index contributed by atoms with van der Waals surface area (Å²) >= 11 is 0. The Morgan fingerprint density at radius 1 is 1.23 bits per heavy atom. The molecule has 0 unspecified atom stereocenters. The van der Waals surface area contributed by atoms with E-state index in [0.29, 0.717) is 16.4 Å². The van der Waals surface area contributed by atoms with Crippen LogP contribution < -0.4 is 16.4 Å². The summed E-state index contributed by atoms with van der Waals surface area (Å²) in [6.07, 6.45) is 4.99. The van der Waals surface area contributed by atoms with Crippen LogP contribution >= 0.6 is 0 Å². The molecule has 1 aromatic carbocycles. The van der Waals surface area contributed by atoms with Gasteiger partial charge in [-0.1, -0.05) is 12.1 Å². The molecule has 158 valence electrons. The van der Waals surface area contributed by atoms with Gasteiger partial charge in [-0.05, 0) is 23.8 Å². The number of hydrogen-bond donors (Lipinski definition) is 3. The molecule has 0 bridgehead atoms. The average molecular weight is 419 g/mol. The third kappa shape index (κ3) is 4.25. The zero-order valence-electron chi connectivity index (χ0n) is 16.7. The molecule has 0 aliphatic carbocycles. The van der Waals surface area contributed by atoms with E-state index in [0.717, 1.165) is 38.5 Å². The Kier molecular flexibility index (Phi) is 5.06. The zero-order valence-corrected chi connectivity index (χ0v) is 16.7. The van der Waals surface area contributed by atoms with Crippen LogP contribution in [0.25, 0.3) is 11.7 Å². The molecule has 10 nitrogen and oxygen atoms in total. The fourth-order valence-corrected chi connectivity index (χ4v) is 3.56. The molecule has 0 radical (unpaired) electrons. The summed E-state index contributed by atoms with van der Waals surface area (Å²) in [6.45, 7) is 4.27. The largest absolute Gasteiger partial charge is 0.493 e. The highest BCUT2D eigenvalue weighted by Gasteiger charge is 2.10. The number of rotatable bonds is 4. The molecule has 0 atom stereocenters. The first kappa shape index (κ1) is 19.2. The molecule has 3 N–H and O–H groups in total. The van der Waals surface area contributed by atoms with Gasteiger partial charge < -0.3 is 14.8 Å². The van der Waals surface area contributed by atoms with Gasteiger partial charge in [0.1, 0.15) is 5.69 Å². The third-order valence-corrected chi connectivity index (χ3v) is 5.08. The van der Waals surface area contributed by atoms with Gasteiger partial charge in [-0.25, -0.2) is 19.3 Å². The summed E-state index contributed by atoms with van der Waals surface area (Å²) in [7, 11) is 0. The summed E-state index contributed by atoms with van der Waals surface area (Å²) in [5.74, 6) is -0.234. The molecule has 0 saturated carbocycles. The SMILES string of the molecule is O=c1[nH]c(O)c(C=c2cnn3ccc(=Nc4cccc(CN5CCOCC5)c4)nc23)[nH]1. The Morgan fingerprint density at radius 2 is 2.10 bits per heavy atom. The van der Waals surface area contributed by atoms with Crippen molar-refractivity contribution in [2.45, 2.75) is 6.54 Å². The van der Waals surface area contributed by atoms with E-state index in [-0.39, 0.29) is 11.6 Å². The van der Waals surface area contributed by atoms with E-state index in [1.165, 1.54) is 5.56 Å². The number of nitrogens with one attached hydrogen (secondary N) is 2. The van der Waals surface area contributed by atoms with Crippen LogP contribution in [0.4, 0.5) is 5.69 Å². The van der Waals surface area contributed by atoms with E-state index in [1.807, 2.05) is 12.1 Å². The highest BCUT2D eigenvalue weighted by Crippen LogP contribution is 2.15. The molecule has 3 aromatic heterocycles. The molecule has 31 heavy (non-hydrogen) atoms. The molecule has 1 aliphatic heterocycles. The van der Waals surface area contributed by atoms with Gasteiger partial charge in [0, 0.05) is 37.1 Å². The van der Waals surface area contributed by atoms with Gasteiger partial charge in [0.2, 0.25) is 5.88 Å². The Hall–Kier alpha value is -3.76. The van der Waals surface area contributed by atoms with Gasteiger partial charge in [0.05, 0.1) is 25.1 Å². The maximum absolute atomic E-state index is 11.4. The van der Waals surface area contributed by atoms with Crippen molar-refractivity contribution in [1.82, 2.24) is 29.5 Å². The topological polar surface area (TPSA) is 124 Å². The molecule has 4 heterocycles. The highest BCUT2D eigenvalue weighted by molar-refractivity contribution is 5.56. The fourth-order valence-electron chi connectivity index (χ4n) is 3.56. The summed E-state index contributed by atoms with van der Waals surface area (Å²) in [5.41, 5.74) is 2.89. The van der Waals surface area contributed by atoms with Crippen LogP contribution in [-0.4, -0.2) is 60.9 Å². The number of ether oxygens (including phenoxy) is 1. The van der Waals surface area contributed by atoms with Crippen LogP contribution in [0.2, 0.25) is 0 Å². The zero-order chi connectivity index (χ0) is 21.2. The second kappa shape index (κ2) is 8.17. The lowest BCUT2D eigenvalue weighted by Gasteiger charge is -2.26. The normalized spacial score (nSPS) is 16.4. The molecule has 0 spiro atoms. The number of hydrogen-bond acceptors (Lipinski definition) is 7. The lowest BCUT2D eigenvalue weighted by molar-refractivity contribution is 0.0342. The monoisotopic (exact) mass is 419 g/mol. The number of benzene rings is 1. The number of fused-ring (bicyclic) bond motifs is 1. The van der Waals surface area contributed by atoms with Gasteiger partial charge in [-0.15, -0.1) is 0 Å². The average Bonchev–Trinajstić information content (AvgIpc) is 3.31. The van der Waals surface area contributed by atoms with Crippen molar-refractivity contribution in [2.75, 3.05) is 26.3 Å². The number of morpholine rings is 1. The van der Waals surface area contributed by atoms with E-state index >= 15 is 0 Å². The standard InChI is InChI=1S/C21H21N7O3/c29-20-17(24-21(30)26-20)11-15-12-22-28-5-4-18(25-19(15)28)23-16-3-1-2-14(10-16)13-27-6-8-31-9-7-27/h1-5,10-12,29H,6-9,13H2,(H2,24,26,30). The van der Waals surface area contributed by atoms with Gasteiger partial charge >= 0.3 is 5.69 Å². The van der Waals surface area contributed by atoms with Crippen LogP contribution in [0.15, 0.2) is 52.5 Å². The van der Waals surface area contributed by atoms with Crippen molar-refractivity contribution in [3.8, 4) is 5.88 Å². The predicted molar refractivity (Wildman–Crippen MR) is 113 cm³/mol. The summed E-state index contributed by atoms with van der Waals surface area (Å²) < 4.78 is 7.02. The van der Waals surface area contributed by atoms with Gasteiger partial charge in [-0.3, -0.25) is 9.88 Å². The number of aromatic amines is 2. The van der Waals surface area contributed by atoms with Crippen LogP contribution in [0.3, 0.4) is 0 Å². The second-order valence-electron chi connectivity index (χ2n) is 7.31. The number of imidazole rings is 1. The van der Waals surface area contributed by atoms with E-state index in [4.69, 9.17) is 4.74 Å². The maximum atomic E-state index is 11.4. The Labute approximate surface area is 176 Å². The van der Waals surface area contributed by atoms with Crippen molar-refractivity contribution in [2.24, 2.45) is 4.99 Å². The first-order valence-electron chi connectivity index (χ1n) is 9.95. The van der Waals surface area contributed by atoms with E-state index in [9.17, 15) is 9.90 Å². The molecular weight excluding hydrogens is 398 g/mol. The molecular formula is C21H21N7O3. The number of aromatic nitrogens is 5. The molecule has 1 aliphatic rings. The summed E-state index contributed by atoms with van der Waals surface area (Å²) in [4.78, 5) is 27.8. The number of nitrogens with zero attached hydrogens (tertiary/aromatic N) is 5.